The van der Waals surface area contributed by atoms with Gasteiger partial charge in [-0.05, 0) is 21.6 Å². The molecule has 0 saturated heterocycles. The van der Waals surface area contributed by atoms with Crippen molar-refractivity contribution in [3.8, 4) is 0 Å². The molecule has 5 aliphatic rings. The Hall–Kier alpha value is 2.64. The van der Waals surface area contributed by atoms with Gasteiger partial charge < -0.3 is 0 Å². The van der Waals surface area contributed by atoms with Crippen LogP contribution in [0.5, 0.6) is 0 Å². The van der Waals surface area contributed by atoms with Gasteiger partial charge in [0.05, 0.1) is 33.9 Å². The fourth-order valence-corrected chi connectivity index (χ4v) is 18.4. The molecule has 8 bridgehead atoms. The van der Waals surface area contributed by atoms with Gasteiger partial charge in [0.1, 0.15) is 0 Å². The first kappa shape index (κ1) is 20.5. The van der Waals surface area contributed by atoms with E-state index in [0.29, 0.717) is 0 Å². The van der Waals surface area contributed by atoms with E-state index in [1.807, 2.05) is 141 Å². The molecule has 0 aromatic rings. The molecular formula is C14H8S12. The van der Waals surface area contributed by atoms with Crippen LogP contribution in [-0.2, 0) is 0 Å². The molecule has 5 aliphatic heterocycles. The van der Waals surface area contributed by atoms with Gasteiger partial charge in [-0.25, -0.2) is 0 Å². The van der Waals surface area contributed by atoms with Crippen LogP contribution in [0, 0.1) is 0 Å². The number of fused-ring (bicyclic) bond motifs is 8. The quantitative estimate of drug-likeness (QED) is 0.276. The van der Waals surface area contributed by atoms with Crippen LogP contribution in [0.15, 0.2) is 55.5 Å². The van der Waals surface area contributed by atoms with Gasteiger partial charge in [0.25, 0.3) is 0 Å². The molecule has 0 N–H and O–H groups in total. The van der Waals surface area contributed by atoms with Crippen LogP contribution < -0.4 is 0 Å². The molecule has 136 valence electrons. The summed E-state index contributed by atoms with van der Waals surface area (Å²) in [5.41, 5.74) is 0. The normalized spacial score (nSPS) is 32.0. The zero-order chi connectivity index (χ0) is 17.3. The van der Waals surface area contributed by atoms with Gasteiger partial charge in [-0.2, -0.15) is 0 Å². The Bertz CT molecular complexity index is 682. The van der Waals surface area contributed by atoms with Crippen LogP contribution in [0.1, 0.15) is 0 Å². The summed E-state index contributed by atoms with van der Waals surface area (Å²) >= 11 is 23.3. The number of hydrogen-bond acceptors (Lipinski definition) is 12. The second-order valence-corrected chi connectivity index (χ2v) is 19.2. The van der Waals surface area contributed by atoms with Crippen molar-refractivity contribution in [2.24, 2.45) is 0 Å². The summed E-state index contributed by atoms with van der Waals surface area (Å²) in [6.45, 7) is 0. The van der Waals surface area contributed by atoms with Gasteiger partial charge in [0.2, 0.25) is 0 Å². The van der Waals surface area contributed by atoms with Gasteiger partial charge in [0.15, 0.2) is 0 Å². The molecule has 0 radical (unpaired) electrons. The molecular weight excluding hydrogens is 553 g/mol. The molecule has 0 aliphatic carbocycles. The zero-order valence-electron chi connectivity index (χ0n) is 12.6. The van der Waals surface area contributed by atoms with Crippen LogP contribution in [0.3, 0.4) is 0 Å². The van der Waals surface area contributed by atoms with Crippen molar-refractivity contribution in [3.05, 3.63) is 55.5 Å². The van der Waals surface area contributed by atoms with E-state index < -0.39 is 0 Å². The molecule has 0 amide bonds. The van der Waals surface area contributed by atoms with E-state index in [9.17, 15) is 0 Å². The highest BCUT2D eigenvalue weighted by atomic mass is 32.3. The largest absolute Gasteiger partial charge is 0.107 e. The lowest BCUT2D eigenvalue weighted by atomic mass is 11.2. The summed E-state index contributed by atoms with van der Waals surface area (Å²) in [6, 6.07) is 0. The van der Waals surface area contributed by atoms with Gasteiger partial charge in [0, 0.05) is 10.2 Å². The lowest BCUT2D eigenvalue weighted by Crippen LogP contribution is -1.74. The zero-order valence-corrected chi connectivity index (χ0v) is 22.4. The Morgan fingerprint density at radius 2 is 0.692 bits per heavy atom. The maximum Gasteiger partial charge on any atom is 0.0706 e. The summed E-state index contributed by atoms with van der Waals surface area (Å²) in [7, 11) is 0. The van der Waals surface area contributed by atoms with Crippen LogP contribution in [-0.4, -0.2) is 10.2 Å². The fourth-order valence-electron chi connectivity index (χ4n) is 1.87. The monoisotopic (exact) mass is 560 g/mol. The van der Waals surface area contributed by atoms with Crippen molar-refractivity contribution in [2.75, 3.05) is 10.2 Å². The van der Waals surface area contributed by atoms with Gasteiger partial charge >= 0.3 is 0 Å². The SMILES string of the molecule is C1=C2SCSC3=CS/C(=C4\SC=C(SCSC5=CS/C(=C(\S1)S2)S5)S4)S3. The summed E-state index contributed by atoms with van der Waals surface area (Å²) in [5, 5.41) is 11.5. The molecule has 0 aromatic carbocycles. The molecule has 0 atom stereocenters. The molecule has 0 saturated carbocycles. The minimum Gasteiger partial charge on any atom is -0.107 e. The average molecular weight is 561 g/mol. The Labute approximate surface area is 204 Å². The molecule has 12 heteroatoms. The third-order valence-electron chi connectivity index (χ3n) is 2.96. The van der Waals surface area contributed by atoms with Gasteiger partial charge in [-0.1, -0.05) is 94.1 Å². The third kappa shape index (κ3) is 5.09. The lowest BCUT2D eigenvalue weighted by Gasteiger charge is -2.06. The maximum absolute atomic E-state index is 2.32. The Kier molecular flexibility index (Phi) is 7.78. The van der Waals surface area contributed by atoms with Crippen molar-refractivity contribution < 1.29 is 0 Å². The van der Waals surface area contributed by atoms with E-state index in [1.165, 1.54) is 33.9 Å². The van der Waals surface area contributed by atoms with E-state index in [1.54, 1.807) is 0 Å². The highest BCUT2D eigenvalue weighted by Crippen LogP contribution is 2.62. The number of hydrogen-bond donors (Lipinski definition) is 0. The molecule has 0 nitrogen and oxygen atoms in total. The predicted molar refractivity (Wildman–Crippen MR) is 147 cm³/mol. The molecule has 0 unspecified atom stereocenters. The lowest BCUT2D eigenvalue weighted by molar-refractivity contribution is 2.22. The summed E-state index contributed by atoms with van der Waals surface area (Å²) in [5.74, 6) is 0. The van der Waals surface area contributed by atoms with E-state index >= 15 is 0 Å². The van der Waals surface area contributed by atoms with E-state index in [0.717, 1.165) is 10.2 Å². The van der Waals surface area contributed by atoms with Crippen molar-refractivity contribution in [3.63, 3.8) is 0 Å². The first-order chi connectivity index (χ1) is 12.8. The third-order valence-corrected chi connectivity index (χ3v) is 19.2. The van der Waals surface area contributed by atoms with Crippen molar-refractivity contribution in [2.45, 2.75) is 0 Å². The van der Waals surface area contributed by atoms with Crippen LogP contribution >= 0.6 is 141 Å². The first-order valence-corrected chi connectivity index (χ1v) is 17.7. The summed E-state index contributed by atoms with van der Waals surface area (Å²) in [6.07, 6.45) is 0. The number of rotatable bonds is 0. The van der Waals surface area contributed by atoms with Crippen molar-refractivity contribution >= 4 is 141 Å². The second-order valence-electron chi connectivity index (χ2n) is 4.59. The predicted octanol–water partition coefficient (Wildman–Crippen LogP) is 10.2. The van der Waals surface area contributed by atoms with E-state index in [-0.39, 0.29) is 0 Å². The Balaban J connectivity index is 1.31. The molecule has 0 spiro atoms. The average Bonchev–Trinajstić information content (AvgIpc) is 3.41. The van der Waals surface area contributed by atoms with Crippen LogP contribution in [0.2, 0.25) is 0 Å². The molecule has 0 aromatic heterocycles. The first-order valence-electron chi connectivity index (χ1n) is 7.02. The van der Waals surface area contributed by atoms with Crippen molar-refractivity contribution in [1.82, 2.24) is 0 Å². The highest BCUT2D eigenvalue weighted by Gasteiger charge is 2.25. The fraction of sp³-hybridized carbons (Fsp3) is 0.143. The molecule has 0 fully saturated rings. The van der Waals surface area contributed by atoms with E-state index in [4.69, 9.17) is 0 Å². The minimum atomic E-state index is 1.09. The van der Waals surface area contributed by atoms with Gasteiger partial charge in [-0.3, -0.25) is 0 Å². The molecule has 26 heavy (non-hydrogen) atoms. The maximum atomic E-state index is 2.32. The topological polar surface area (TPSA) is 0 Å². The van der Waals surface area contributed by atoms with Gasteiger partial charge in [-0.15, -0.1) is 47.0 Å². The van der Waals surface area contributed by atoms with Crippen LogP contribution in [0.25, 0.3) is 0 Å². The van der Waals surface area contributed by atoms with E-state index in [2.05, 4.69) is 21.6 Å². The minimum absolute atomic E-state index is 1.09. The van der Waals surface area contributed by atoms with Crippen LogP contribution in [0.4, 0.5) is 0 Å². The standard InChI is InChI=1S/C14H8S12/c1-7-19-5-20-8-3-17-13(25-8)14-18-4-10(26-14)22-6-21-9-2-16-12(24-9)11(15-1)23-7/h1-4H,5-6H2/b12-11-,14-13-. The number of thioether (sulfide) groups is 12. The summed E-state index contributed by atoms with van der Waals surface area (Å²) in [4.78, 5) is 0. The summed E-state index contributed by atoms with van der Waals surface area (Å²) < 4.78 is 11.6. The Morgan fingerprint density at radius 3 is 0.962 bits per heavy atom. The highest BCUT2D eigenvalue weighted by molar-refractivity contribution is 8.44. The second kappa shape index (κ2) is 9.84. The molecule has 5 rings (SSSR count). The van der Waals surface area contributed by atoms with Crippen molar-refractivity contribution in [1.29, 1.82) is 0 Å². The smallest absolute Gasteiger partial charge is 0.0706 e. The Morgan fingerprint density at radius 1 is 0.423 bits per heavy atom. The molecule has 5 heterocycles.